The molecule has 2 aliphatic rings. The minimum Gasteiger partial charge on any atom is -0.479 e. The SMILES string of the molecule is C[C@@H]1Oc2ccc(-c3csc(NC(=O)CCC4CCCCC4)n3)cc2N(C)C1=O. The van der Waals surface area contributed by atoms with Crippen molar-refractivity contribution in [1.82, 2.24) is 4.98 Å². The number of thiazole rings is 1. The maximum atomic E-state index is 12.3. The molecule has 6 nitrogen and oxygen atoms in total. The summed E-state index contributed by atoms with van der Waals surface area (Å²) in [5, 5.41) is 5.47. The maximum Gasteiger partial charge on any atom is 0.267 e. The Kier molecular flexibility index (Phi) is 5.85. The Balaban J connectivity index is 1.40. The highest BCUT2D eigenvalue weighted by Gasteiger charge is 2.29. The van der Waals surface area contributed by atoms with Gasteiger partial charge in [0.25, 0.3) is 5.91 Å². The van der Waals surface area contributed by atoms with Crippen LogP contribution < -0.4 is 15.0 Å². The molecule has 7 heteroatoms. The average molecular weight is 414 g/mol. The van der Waals surface area contributed by atoms with Crippen LogP contribution in [0.4, 0.5) is 10.8 Å². The number of rotatable bonds is 5. The number of amides is 2. The first-order valence-electron chi connectivity index (χ1n) is 10.4. The van der Waals surface area contributed by atoms with Gasteiger partial charge in [0.1, 0.15) is 5.75 Å². The van der Waals surface area contributed by atoms with E-state index in [4.69, 9.17) is 4.74 Å². The van der Waals surface area contributed by atoms with E-state index >= 15 is 0 Å². The van der Waals surface area contributed by atoms with Crippen molar-refractivity contribution >= 4 is 34.0 Å². The summed E-state index contributed by atoms with van der Waals surface area (Å²) in [6.45, 7) is 1.75. The van der Waals surface area contributed by atoms with E-state index in [9.17, 15) is 9.59 Å². The van der Waals surface area contributed by atoms with Gasteiger partial charge in [-0.3, -0.25) is 9.59 Å². The average Bonchev–Trinajstić information content (AvgIpc) is 3.19. The Morgan fingerprint density at radius 3 is 2.90 bits per heavy atom. The molecule has 4 rings (SSSR count). The van der Waals surface area contributed by atoms with Crippen molar-refractivity contribution < 1.29 is 14.3 Å². The van der Waals surface area contributed by atoms with Gasteiger partial charge in [-0.1, -0.05) is 32.1 Å². The first-order chi connectivity index (χ1) is 14.0. The van der Waals surface area contributed by atoms with Gasteiger partial charge in [-0.2, -0.15) is 0 Å². The number of benzene rings is 1. The molecule has 2 heterocycles. The number of anilines is 2. The van der Waals surface area contributed by atoms with Gasteiger partial charge in [-0.25, -0.2) is 4.98 Å². The monoisotopic (exact) mass is 413 g/mol. The van der Waals surface area contributed by atoms with E-state index in [1.807, 2.05) is 23.6 Å². The fraction of sp³-hybridized carbons (Fsp3) is 0.500. The predicted molar refractivity (Wildman–Crippen MR) is 115 cm³/mol. The summed E-state index contributed by atoms with van der Waals surface area (Å²) >= 11 is 1.42. The molecule has 2 aromatic rings. The second kappa shape index (κ2) is 8.53. The maximum absolute atomic E-state index is 12.3. The number of fused-ring (bicyclic) bond motifs is 1. The number of nitrogens with one attached hydrogen (secondary N) is 1. The molecular formula is C22H27N3O3S. The molecule has 2 amide bonds. The molecule has 1 aromatic heterocycles. The number of aromatic nitrogens is 1. The van der Waals surface area contributed by atoms with Crippen molar-refractivity contribution in [2.24, 2.45) is 5.92 Å². The van der Waals surface area contributed by atoms with Gasteiger partial charge in [-0.05, 0) is 37.5 Å². The first-order valence-corrected chi connectivity index (χ1v) is 11.2. The number of hydrogen-bond acceptors (Lipinski definition) is 5. The lowest BCUT2D eigenvalue weighted by atomic mass is 9.86. The number of hydrogen-bond donors (Lipinski definition) is 1. The van der Waals surface area contributed by atoms with Gasteiger partial charge in [0, 0.05) is 24.4 Å². The molecule has 0 spiro atoms. The topological polar surface area (TPSA) is 71.5 Å². The molecule has 1 saturated carbocycles. The zero-order valence-corrected chi connectivity index (χ0v) is 17.8. The molecule has 1 atom stereocenters. The van der Waals surface area contributed by atoms with E-state index in [1.165, 1.54) is 43.4 Å². The lowest BCUT2D eigenvalue weighted by Gasteiger charge is -2.30. The van der Waals surface area contributed by atoms with Crippen LogP contribution in [0.15, 0.2) is 23.6 Å². The van der Waals surface area contributed by atoms with Gasteiger partial charge in [0.05, 0.1) is 11.4 Å². The second-order valence-electron chi connectivity index (χ2n) is 7.97. The summed E-state index contributed by atoms with van der Waals surface area (Å²) < 4.78 is 5.67. The largest absolute Gasteiger partial charge is 0.479 e. The fourth-order valence-corrected chi connectivity index (χ4v) is 4.86. The molecule has 0 unspecified atom stereocenters. The van der Waals surface area contributed by atoms with Gasteiger partial charge in [0.2, 0.25) is 5.91 Å². The summed E-state index contributed by atoms with van der Waals surface area (Å²) in [6.07, 6.45) is 7.49. The zero-order valence-electron chi connectivity index (χ0n) is 16.9. The Morgan fingerprint density at radius 1 is 1.31 bits per heavy atom. The Bertz CT molecular complexity index is 904. The van der Waals surface area contributed by atoms with Crippen molar-refractivity contribution in [1.29, 1.82) is 0 Å². The number of carbonyl (C=O) groups is 2. The molecule has 1 fully saturated rings. The summed E-state index contributed by atoms with van der Waals surface area (Å²) in [5.41, 5.74) is 2.40. The van der Waals surface area contributed by atoms with Gasteiger partial charge >= 0.3 is 0 Å². The van der Waals surface area contributed by atoms with Crippen molar-refractivity contribution in [2.75, 3.05) is 17.3 Å². The number of ether oxygens (including phenoxy) is 1. The highest BCUT2D eigenvalue weighted by atomic mass is 32.1. The van der Waals surface area contributed by atoms with Crippen molar-refractivity contribution in [2.45, 2.75) is 58.0 Å². The van der Waals surface area contributed by atoms with Crippen molar-refractivity contribution in [3.8, 4) is 17.0 Å². The number of carbonyl (C=O) groups excluding carboxylic acids is 2. The van der Waals surface area contributed by atoms with E-state index in [0.717, 1.165) is 23.4 Å². The van der Waals surface area contributed by atoms with Crippen LogP contribution in [0.2, 0.25) is 0 Å². The normalized spacial score (nSPS) is 19.6. The van der Waals surface area contributed by atoms with Crippen LogP contribution in [0.1, 0.15) is 51.9 Å². The first kappa shape index (κ1) is 19.9. The highest BCUT2D eigenvalue weighted by molar-refractivity contribution is 7.14. The minimum absolute atomic E-state index is 0.0367. The van der Waals surface area contributed by atoms with E-state index in [0.29, 0.717) is 23.2 Å². The summed E-state index contributed by atoms with van der Waals surface area (Å²) in [5.74, 6) is 1.35. The Labute approximate surface area is 175 Å². The lowest BCUT2D eigenvalue weighted by Crippen LogP contribution is -2.41. The van der Waals surface area contributed by atoms with Crippen LogP contribution in [0.3, 0.4) is 0 Å². The molecular weight excluding hydrogens is 386 g/mol. The third kappa shape index (κ3) is 4.45. The van der Waals surface area contributed by atoms with Crippen LogP contribution in [-0.4, -0.2) is 29.9 Å². The summed E-state index contributed by atoms with van der Waals surface area (Å²) in [4.78, 5) is 30.7. The molecule has 1 N–H and O–H groups in total. The predicted octanol–water partition coefficient (Wildman–Crippen LogP) is 4.85. The molecule has 0 radical (unpaired) electrons. The molecule has 0 bridgehead atoms. The van der Waals surface area contributed by atoms with Gasteiger partial charge < -0.3 is 15.0 Å². The number of nitrogens with zero attached hydrogens (tertiary/aromatic N) is 2. The van der Waals surface area contributed by atoms with Crippen LogP contribution >= 0.6 is 11.3 Å². The Morgan fingerprint density at radius 2 is 2.10 bits per heavy atom. The van der Waals surface area contributed by atoms with E-state index in [-0.39, 0.29) is 11.8 Å². The van der Waals surface area contributed by atoms with Crippen LogP contribution in [0.25, 0.3) is 11.3 Å². The molecule has 1 aliphatic carbocycles. The van der Waals surface area contributed by atoms with Gasteiger partial charge in [-0.15, -0.1) is 11.3 Å². The third-order valence-electron chi connectivity index (χ3n) is 5.85. The molecule has 154 valence electrons. The minimum atomic E-state index is -0.479. The second-order valence-corrected chi connectivity index (χ2v) is 8.83. The molecule has 0 saturated heterocycles. The fourth-order valence-electron chi connectivity index (χ4n) is 4.13. The standard InChI is InChI=1S/C22H27N3O3S/c1-14-21(27)25(2)18-12-16(9-10-19(18)28-14)17-13-29-22(23-17)24-20(26)11-8-15-6-4-3-5-7-15/h9-10,12-15H,3-8,11H2,1-2H3,(H,23,24,26)/t14-/m0/s1. The van der Waals surface area contributed by atoms with Crippen molar-refractivity contribution in [3.05, 3.63) is 23.6 Å². The smallest absolute Gasteiger partial charge is 0.267 e. The molecule has 1 aromatic carbocycles. The molecule has 29 heavy (non-hydrogen) atoms. The van der Waals surface area contributed by atoms with Gasteiger partial charge in [0.15, 0.2) is 11.2 Å². The zero-order chi connectivity index (χ0) is 20.4. The van der Waals surface area contributed by atoms with Crippen LogP contribution in [0.5, 0.6) is 5.75 Å². The quantitative estimate of drug-likeness (QED) is 0.760. The van der Waals surface area contributed by atoms with E-state index in [2.05, 4.69) is 10.3 Å². The highest BCUT2D eigenvalue weighted by Crippen LogP contribution is 2.37. The van der Waals surface area contributed by atoms with Crippen LogP contribution in [0, 0.1) is 5.92 Å². The van der Waals surface area contributed by atoms with E-state index in [1.54, 1.807) is 18.9 Å². The third-order valence-corrected chi connectivity index (χ3v) is 6.61. The summed E-state index contributed by atoms with van der Waals surface area (Å²) in [7, 11) is 1.75. The molecule has 1 aliphatic heterocycles. The van der Waals surface area contributed by atoms with E-state index < -0.39 is 6.10 Å². The van der Waals surface area contributed by atoms with Crippen LogP contribution in [-0.2, 0) is 9.59 Å². The lowest BCUT2D eigenvalue weighted by molar-refractivity contribution is -0.125. The number of likely N-dealkylation sites (N-methyl/N-ethyl adjacent to an activating group) is 1. The Hall–Kier alpha value is -2.41. The summed E-state index contributed by atoms with van der Waals surface area (Å²) in [6, 6.07) is 5.70. The van der Waals surface area contributed by atoms with Crippen molar-refractivity contribution in [3.63, 3.8) is 0 Å².